The minimum Gasteiger partial charge on any atom is -0.361 e. The Morgan fingerprint density at radius 1 is 0.702 bits per heavy atom. The third kappa shape index (κ3) is 6.67. The van der Waals surface area contributed by atoms with Crippen molar-refractivity contribution in [2.24, 2.45) is 5.92 Å². The van der Waals surface area contributed by atoms with Gasteiger partial charge in [-0.1, -0.05) is 42.0 Å². The molecule has 9 heteroatoms. The molecule has 0 spiro atoms. The monoisotopic (exact) mass is 632 g/mol. The van der Waals surface area contributed by atoms with Crippen LogP contribution >= 0.6 is 0 Å². The number of hydrogen-bond donors (Lipinski definition) is 1. The summed E-state index contributed by atoms with van der Waals surface area (Å²) in [6.45, 7) is 9.63. The molecule has 0 atom stereocenters. The van der Waals surface area contributed by atoms with Gasteiger partial charge in [0.25, 0.3) is 5.91 Å². The van der Waals surface area contributed by atoms with Crippen molar-refractivity contribution in [3.63, 3.8) is 0 Å². The molecule has 3 saturated heterocycles. The van der Waals surface area contributed by atoms with Gasteiger partial charge in [-0.25, -0.2) is 4.98 Å². The topological polar surface area (TPSA) is 92.9 Å². The fraction of sp³-hybridized carbons (Fsp3) is 0.421. The van der Waals surface area contributed by atoms with Crippen LogP contribution in [-0.2, 0) is 9.59 Å². The highest BCUT2D eigenvalue weighted by atomic mass is 16.2. The van der Waals surface area contributed by atoms with E-state index in [1.54, 1.807) is 6.92 Å². The standard InChI is InChI=1S/C38H44N6O3/c1-26-3-5-28(6-4-26)35-24-32(25-36(40-35)31-8-7-29-9-14-39-34(29)23-31)38(47)44-21-19-42(20-22-44)33-12-17-43(18-13-33)37(46)30-10-15-41(16-11-30)27(2)45/h3-9,14,23-25,30,33,39H,10-13,15-22H2,1-2H3. The van der Waals surface area contributed by atoms with E-state index in [1.807, 2.05) is 33.0 Å². The van der Waals surface area contributed by atoms with Gasteiger partial charge in [-0.05, 0) is 62.3 Å². The lowest BCUT2D eigenvalue weighted by atomic mass is 9.93. The number of carbonyl (C=O) groups excluding carboxylic acids is 3. The van der Waals surface area contributed by atoms with Crippen LogP contribution in [0.15, 0.2) is 66.9 Å². The van der Waals surface area contributed by atoms with Gasteiger partial charge < -0.3 is 19.7 Å². The second-order valence-corrected chi connectivity index (χ2v) is 13.4. The van der Waals surface area contributed by atoms with Gasteiger partial charge >= 0.3 is 0 Å². The average molecular weight is 633 g/mol. The van der Waals surface area contributed by atoms with E-state index in [9.17, 15) is 14.4 Å². The van der Waals surface area contributed by atoms with E-state index in [0.29, 0.717) is 37.8 Å². The highest BCUT2D eigenvalue weighted by Gasteiger charge is 2.34. The Labute approximate surface area is 276 Å². The van der Waals surface area contributed by atoms with Crippen molar-refractivity contribution >= 4 is 28.6 Å². The number of H-pyrrole nitrogens is 1. The van der Waals surface area contributed by atoms with Gasteiger partial charge in [0, 0.05) is 99.6 Å². The quantitative estimate of drug-likeness (QED) is 0.326. The second-order valence-electron chi connectivity index (χ2n) is 13.4. The predicted octanol–water partition coefficient (Wildman–Crippen LogP) is 5.21. The van der Waals surface area contributed by atoms with Gasteiger partial charge in [-0.2, -0.15) is 0 Å². The van der Waals surface area contributed by atoms with Gasteiger partial charge in [0.1, 0.15) is 0 Å². The van der Waals surface area contributed by atoms with Crippen LogP contribution in [0.5, 0.6) is 0 Å². The lowest BCUT2D eigenvalue weighted by molar-refractivity contribution is -0.141. The zero-order valence-electron chi connectivity index (χ0n) is 27.5. The van der Waals surface area contributed by atoms with E-state index < -0.39 is 0 Å². The van der Waals surface area contributed by atoms with Crippen molar-refractivity contribution < 1.29 is 14.4 Å². The van der Waals surface area contributed by atoms with E-state index in [4.69, 9.17) is 4.98 Å². The van der Waals surface area contributed by atoms with Crippen LogP contribution in [0.2, 0.25) is 0 Å². The number of fused-ring (bicyclic) bond motifs is 1. The molecule has 4 aromatic rings. The number of amides is 3. The summed E-state index contributed by atoms with van der Waals surface area (Å²) in [5, 5.41) is 1.14. The molecular weight excluding hydrogens is 588 g/mol. The van der Waals surface area contributed by atoms with E-state index in [-0.39, 0.29) is 23.6 Å². The molecule has 3 aliphatic rings. The van der Waals surface area contributed by atoms with Crippen molar-refractivity contribution in [1.29, 1.82) is 0 Å². The van der Waals surface area contributed by atoms with E-state index in [0.717, 1.165) is 85.3 Å². The fourth-order valence-corrected chi connectivity index (χ4v) is 7.50. The van der Waals surface area contributed by atoms with Crippen molar-refractivity contribution in [1.82, 2.24) is 29.6 Å². The number of benzene rings is 2. The molecule has 0 saturated carbocycles. The van der Waals surface area contributed by atoms with Crippen LogP contribution in [0.1, 0.15) is 48.5 Å². The van der Waals surface area contributed by atoms with Crippen molar-refractivity contribution in [2.45, 2.75) is 45.6 Å². The number of aromatic nitrogens is 2. The average Bonchev–Trinajstić information content (AvgIpc) is 3.60. The number of pyridine rings is 1. The summed E-state index contributed by atoms with van der Waals surface area (Å²) in [7, 11) is 0. The van der Waals surface area contributed by atoms with Crippen molar-refractivity contribution in [2.75, 3.05) is 52.4 Å². The third-order valence-corrected chi connectivity index (χ3v) is 10.5. The Morgan fingerprint density at radius 2 is 1.34 bits per heavy atom. The summed E-state index contributed by atoms with van der Waals surface area (Å²) in [5.41, 5.74) is 6.42. The van der Waals surface area contributed by atoms with Crippen LogP contribution in [-0.4, -0.2) is 106 Å². The number of likely N-dealkylation sites (tertiary alicyclic amines) is 2. The highest BCUT2D eigenvalue weighted by Crippen LogP contribution is 2.29. The maximum Gasteiger partial charge on any atom is 0.254 e. The number of aromatic amines is 1. The third-order valence-electron chi connectivity index (χ3n) is 10.5. The van der Waals surface area contributed by atoms with Gasteiger partial charge in [0.05, 0.1) is 11.4 Å². The van der Waals surface area contributed by atoms with Crippen LogP contribution in [0.3, 0.4) is 0 Å². The normalized spacial score (nSPS) is 18.6. The molecule has 3 amide bonds. The molecule has 0 radical (unpaired) electrons. The molecule has 5 heterocycles. The Kier molecular flexibility index (Phi) is 8.82. The maximum atomic E-state index is 14.0. The van der Waals surface area contributed by atoms with Crippen molar-refractivity contribution in [3.8, 4) is 22.5 Å². The smallest absolute Gasteiger partial charge is 0.254 e. The molecule has 0 unspecified atom stereocenters. The first kappa shape index (κ1) is 31.1. The highest BCUT2D eigenvalue weighted by molar-refractivity contribution is 5.97. The molecule has 47 heavy (non-hydrogen) atoms. The first-order chi connectivity index (χ1) is 22.8. The number of carbonyl (C=O) groups is 3. The molecular formula is C38H44N6O3. The Morgan fingerprint density at radius 3 is 2.02 bits per heavy atom. The van der Waals surface area contributed by atoms with Crippen LogP contribution < -0.4 is 0 Å². The number of piperidine rings is 2. The SMILES string of the molecule is CC(=O)N1CCC(C(=O)N2CCC(N3CCN(C(=O)c4cc(-c5ccc(C)cc5)nc(-c5ccc6cc[nH]c6c5)c4)CC3)CC2)CC1. The van der Waals surface area contributed by atoms with Crippen molar-refractivity contribution in [3.05, 3.63) is 78.0 Å². The summed E-state index contributed by atoms with van der Waals surface area (Å²) in [4.78, 5) is 55.6. The first-order valence-corrected chi connectivity index (χ1v) is 17.1. The number of nitrogens with zero attached hydrogens (tertiary/aromatic N) is 5. The lowest BCUT2D eigenvalue weighted by Gasteiger charge is -2.43. The molecule has 1 N–H and O–H groups in total. The summed E-state index contributed by atoms with van der Waals surface area (Å²) in [6, 6.07) is 20.9. The minimum absolute atomic E-state index is 0.0355. The van der Waals surface area contributed by atoms with Crippen LogP contribution in [0.25, 0.3) is 33.4 Å². The second kappa shape index (κ2) is 13.3. The van der Waals surface area contributed by atoms with Gasteiger partial charge in [-0.3, -0.25) is 19.3 Å². The summed E-state index contributed by atoms with van der Waals surface area (Å²) < 4.78 is 0. The van der Waals surface area contributed by atoms with Gasteiger partial charge in [-0.15, -0.1) is 0 Å². The Balaban J connectivity index is 0.996. The maximum absolute atomic E-state index is 14.0. The first-order valence-electron chi connectivity index (χ1n) is 17.1. The molecule has 2 aromatic heterocycles. The molecule has 3 aliphatic heterocycles. The van der Waals surface area contributed by atoms with Crippen LogP contribution in [0, 0.1) is 12.8 Å². The summed E-state index contributed by atoms with van der Waals surface area (Å²) in [6.07, 6.45) is 5.39. The lowest BCUT2D eigenvalue weighted by Crippen LogP contribution is -2.55. The van der Waals surface area contributed by atoms with Crippen LogP contribution in [0.4, 0.5) is 0 Å². The largest absolute Gasteiger partial charge is 0.361 e. The fourth-order valence-electron chi connectivity index (χ4n) is 7.50. The molecule has 7 rings (SSSR count). The van der Waals surface area contributed by atoms with Gasteiger partial charge in [0.15, 0.2) is 0 Å². The zero-order valence-corrected chi connectivity index (χ0v) is 27.5. The van der Waals surface area contributed by atoms with E-state index >= 15 is 0 Å². The molecule has 244 valence electrons. The van der Waals surface area contributed by atoms with E-state index in [1.165, 1.54) is 5.56 Å². The number of nitrogens with one attached hydrogen (secondary N) is 1. The predicted molar refractivity (Wildman–Crippen MR) is 184 cm³/mol. The molecule has 0 bridgehead atoms. The number of aryl methyl sites for hydroxylation is 1. The Bertz CT molecular complexity index is 1760. The summed E-state index contributed by atoms with van der Waals surface area (Å²) >= 11 is 0. The minimum atomic E-state index is 0.0355. The molecule has 0 aliphatic carbocycles. The Hall–Kier alpha value is -4.50. The van der Waals surface area contributed by atoms with E-state index in [2.05, 4.69) is 65.3 Å². The summed E-state index contributed by atoms with van der Waals surface area (Å²) in [5.74, 6) is 0.435. The molecule has 9 nitrogen and oxygen atoms in total. The zero-order chi connectivity index (χ0) is 32.5. The number of hydrogen-bond acceptors (Lipinski definition) is 5. The number of piperazine rings is 1. The van der Waals surface area contributed by atoms with Gasteiger partial charge in [0.2, 0.25) is 11.8 Å². The number of rotatable bonds is 5. The molecule has 3 fully saturated rings. The molecule has 2 aromatic carbocycles.